The first-order valence-electron chi connectivity index (χ1n) is 7.23. The molecular formula is C15H19F3N2. The van der Waals surface area contributed by atoms with Crippen molar-refractivity contribution in [2.45, 2.75) is 50.2 Å². The lowest BCUT2D eigenvalue weighted by molar-refractivity contribution is 0.171. The molecule has 2 nitrogen and oxygen atoms in total. The van der Waals surface area contributed by atoms with Gasteiger partial charge in [0.1, 0.15) is 5.82 Å². The highest BCUT2D eigenvalue weighted by atomic mass is 19.2. The van der Waals surface area contributed by atoms with E-state index in [0.717, 1.165) is 44.7 Å². The summed E-state index contributed by atoms with van der Waals surface area (Å²) in [6.07, 6.45) is 4.95. The standard InChI is InChI=1S/C15H19F3N2/c16-11-8-13(18)12(17)7-10(11)15-14(19)3-1-2-6-20(15)9-4-5-9/h7-9,14-15H,1-6,19H2. The molecule has 2 unspecified atom stereocenters. The van der Waals surface area contributed by atoms with Gasteiger partial charge in [-0.05, 0) is 38.3 Å². The summed E-state index contributed by atoms with van der Waals surface area (Å²) in [4.78, 5) is 2.19. The van der Waals surface area contributed by atoms with Crippen LogP contribution in [0.4, 0.5) is 13.2 Å². The lowest BCUT2D eigenvalue weighted by Gasteiger charge is -2.34. The number of likely N-dealkylation sites (tertiary alicyclic amines) is 1. The zero-order chi connectivity index (χ0) is 14.3. The van der Waals surface area contributed by atoms with Crippen LogP contribution < -0.4 is 5.73 Å². The van der Waals surface area contributed by atoms with E-state index in [1.165, 1.54) is 0 Å². The van der Waals surface area contributed by atoms with Crippen LogP contribution in [0.5, 0.6) is 0 Å². The predicted octanol–water partition coefficient (Wildman–Crippen LogP) is 3.12. The van der Waals surface area contributed by atoms with Crippen LogP contribution in [0.25, 0.3) is 0 Å². The minimum absolute atomic E-state index is 0.199. The number of rotatable bonds is 2. The van der Waals surface area contributed by atoms with E-state index < -0.39 is 17.5 Å². The lowest BCUT2D eigenvalue weighted by atomic mass is 9.95. The van der Waals surface area contributed by atoms with Crippen molar-refractivity contribution < 1.29 is 13.2 Å². The molecule has 1 heterocycles. The average molecular weight is 284 g/mol. The number of nitrogens with zero attached hydrogens (tertiary/aromatic N) is 1. The summed E-state index contributed by atoms with van der Waals surface area (Å²) in [5, 5.41) is 0. The van der Waals surface area contributed by atoms with Gasteiger partial charge in [0.25, 0.3) is 0 Å². The van der Waals surface area contributed by atoms with Crippen LogP contribution >= 0.6 is 0 Å². The SMILES string of the molecule is NC1CCCCN(C2CC2)C1c1cc(F)c(F)cc1F. The molecule has 1 aliphatic carbocycles. The maximum absolute atomic E-state index is 14.1. The first-order valence-corrected chi connectivity index (χ1v) is 7.23. The fourth-order valence-electron chi connectivity index (χ4n) is 3.21. The summed E-state index contributed by atoms with van der Waals surface area (Å²) in [5.41, 5.74) is 6.40. The molecule has 0 aromatic heterocycles. The van der Waals surface area contributed by atoms with Gasteiger partial charge in [-0.15, -0.1) is 0 Å². The van der Waals surface area contributed by atoms with Crippen molar-refractivity contribution in [1.29, 1.82) is 0 Å². The fraction of sp³-hybridized carbons (Fsp3) is 0.600. The predicted molar refractivity (Wildman–Crippen MR) is 70.6 cm³/mol. The number of nitrogens with two attached hydrogens (primary N) is 1. The van der Waals surface area contributed by atoms with Crippen molar-refractivity contribution >= 4 is 0 Å². The normalized spacial score (nSPS) is 28.4. The second-order valence-electron chi connectivity index (χ2n) is 5.86. The molecule has 1 saturated carbocycles. The molecule has 110 valence electrons. The van der Waals surface area contributed by atoms with Crippen LogP contribution in [0.3, 0.4) is 0 Å². The molecule has 3 rings (SSSR count). The molecular weight excluding hydrogens is 265 g/mol. The number of benzene rings is 1. The van der Waals surface area contributed by atoms with E-state index >= 15 is 0 Å². The van der Waals surface area contributed by atoms with Gasteiger partial charge in [-0.25, -0.2) is 13.2 Å². The van der Waals surface area contributed by atoms with E-state index in [4.69, 9.17) is 5.73 Å². The molecule has 2 fully saturated rings. The molecule has 0 bridgehead atoms. The van der Waals surface area contributed by atoms with Gasteiger partial charge in [-0.3, -0.25) is 4.90 Å². The smallest absolute Gasteiger partial charge is 0.161 e. The van der Waals surface area contributed by atoms with Crippen molar-refractivity contribution in [3.63, 3.8) is 0 Å². The van der Waals surface area contributed by atoms with Crippen molar-refractivity contribution in [3.05, 3.63) is 35.1 Å². The Morgan fingerprint density at radius 3 is 2.35 bits per heavy atom. The van der Waals surface area contributed by atoms with Gasteiger partial charge < -0.3 is 5.73 Å². The molecule has 2 aliphatic rings. The number of hydrogen-bond acceptors (Lipinski definition) is 2. The Hall–Kier alpha value is -1.07. The zero-order valence-electron chi connectivity index (χ0n) is 11.3. The highest BCUT2D eigenvalue weighted by Gasteiger charge is 2.39. The van der Waals surface area contributed by atoms with Gasteiger partial charge in [0.05, 0.1) is 6.04 Å². The second kappa shape index (κ2) is 5.37. The molecule has 1 aromatic carbocycles. The van der Waals surface area contributed by atoms with Crippen LogP contribution in [0.15, 0.2) is 12.1 Å². The van der Waals surface area contributed by atoms with E-state index in [-0.39, 0.29) is 17.6 Å². The molecule has 2 N–H and O–H groups in total. The van der Waals surface area contributed by atoms with Gasteiger partial charge in [0.15, 0.2) is 11.6 Å². The molecule has 0 amide bonds. The van der Waals surface area contributed by atoms with Gasteiger partial charge in [0, 0.05) is 23.7 Å². The van der Waals surface area contributed by atoms with E-state index in [2.05, 4.69) is 4.90 Å². The summed E-state index contributed by atoms with van der Waals surface area (Å²) >= 11 is 0. The number of hydrogen-bond donors (Lipinski definition) is 1. The summed E-state index contributed by atoms with van der Waals surface area (Å²) < 4.78 is 40.7. The second-order valence-corrected chi connectivity index (χ2v) is 5.86. The van der Waals surface area contributed by atoms with Crippen LogP contribution in [-0.2, 0) is 0 Å². The van der Waals surface area contributed by atoms with Gasteiger partial charge >= 0.3 is 0 Å². The Morgan fingerprint density at radius 1 is 0.950 bits per heavy atom. The van der Waals surface area contributed by atoms with E-state index in [1.54, 1.807) is 0 Å². The van der Waals surface area contributed by atoms with Crippen molar-refractivity contribution in [2.24, 2.45) is 5.73 Å². The number of halogens is 3. The molecule has 0 spiro atoms. The molecule has 2 atom stereocenters. The summed E-state index contributed by atoms with van der Waals surface area (Å²) in [6, 6.07) is 1.44. The van der Waals surface area contributed by atoms with Crippen LogP contribution in [0.1, 0.15) is 43.7 Å². The van der Waals surface area contributed by atoms with Gasteiger partial charge in [-0.2, -0.15) is 0 Å². The first-order chi connectivity index (χ1) is 9.58. The quantitative estimate of drug-likeness (QED) is 0.845. The highest BCUT2D eigenvalue weighted by Crippen LogP contribution is 2.39. The first kappa shape index (κ1) is 13.9. The third kappa shape index (κ3) is 2.56. The van der Waals surface area contributed by atoms with Gasteiger partial charge in [0.2, 0.25) is 0 Å². The van der Waals surface area contributed by atoms with E-state index in [9.17, 15) is 13.2 Å². The maximum atomic E-state index is 14.1. The zero-order valence-corrected chi connectivity index (χ0v) is 11.3. The topological polar surface area (TPSA) is 29.3 Å². The van der Waals surface area contributed by atoms with Crippen molar-refractivity contribution in [1.82, 2.24) is 4.90 Å². The Labute approximate surface area is 116 Å². The van der Waals surface area contributed by atoms with E-state index in [0.29, 0.717) is 12.1 Å². The average Bonchev–Trinajstić information content (AvgIpc) is 3.21. The van der Waals surface area contributed by atoms with Crippen LogP contribution in [0, 0.1) is 17.5 Å². The summed E-state index contributed by atoms with van der Waals surface area (Å²) in [6.45, 7) is 0.849. The summed E-state index contributed by atoms with van der Waals surface area (Å²) in [7, 11) is 0. The van der Waals surface area contributed by atoms with Crippen molar-refractivity contribution in [2.75, 3.05) is 6.54 Å². The van der Waals surface area contributed by atoms with Crippen molar-refractivity contribution in [3.8, 4) is 0 Å². The summed E-state index contributed by atoms with van der Waals surface area (Å²) in [5.74, 6) is -2.85. The Bertz CT molecular complexity index is 502. The molecule has 0 radical (unpaired) electrons. The Morgan fingerprint density at radius 2 is 1.65 bits per heavy atom. The lowest BCUT2D eigenvalue weighted by Crippen LogP contribution is -2.41. The fourth-order valence-corrected chi connectivity index (χ4v) is 3.21. The van der Waals surface area contributed by atoms with Crippen LogP contribution in [0.2, 0.25) is 0 Å². The Balaban J connectivity index is 2.00. The Kier molecular flexibility index (Phi) is 3.73. The highest BCUT2D eigenvalue weighted by molar-refractivity contribution is 5.26. The monoisotopic (exact) mass is 284 g/mol. The molecule has 20 heavy (non-hydrogen) atoms. The molecule has 1 saturated heterocycles. The third-order valence-electron chi connectivity index (χ3n) is 4.34. The minimum atomic E-state index is -1.15. The molecule has 1 aliphatic heterocycles. The molecule has 1 aromatic rings. The third-order valence-corrected chi connectivity index (χ3v) is 4.34. The van der Waals surface area contributed by atoms with E-state index in [1.807, 2.05) is 0 Å². The maximum Gasteiger partial charge on any atom is 0.161 e. The van der Waals surface area contributed by atoms with Gasteiger partial charge in [-0.1, -0.05) is 6.42 Å². The largest absolute Gasteiger partial charge is 0.326 e. The molecule has 5 heteroatoms. The minimum Gasteiger partial charge on any atom is -0.326 e. The van der Waals surface area contributed by atoms with Crippen LogP contribution in [-0.4, -0.2) is 23.5 Å².